The van der Waals surface area contributed by atoms with Crippen LogP contribution in [-0.2, 0) is 16.0 Å². The maximum Gasteiger partial charge on any atom is 0.269 e. The predicted octanol–water partition coefficient (Wildman–Crippen LogP) is 5.03. The van der Waals surface area contributed by atoms with Crippen molar-refractivity contribution < 1.29 is 19.2 Å². The highest BCUT2D eigenvalue weighted by molar-refractivity contribution is 5.99. The lowest BCUT2D eigenvalue weighted by atomic mass is 9.88. The quantitative estimate of drug-likeness (QED) is 0.491. The van der Waals surface area contributed by atoms with Gasteiger partial charge in [0, 0.05) is 30.8 Å². The van der Waals surface area contributed by atoms with Gasteiger partial charge in [0.15, 0.2) is 0 Å². The molecule has 0 radical (unpaired) electrons. The Morgan fingerprint density at radius 2 is 1.85 bits per heavy atom. The molecule has 2 amide bonds. The maximum atomic E-state index is 13.7. The van der Waals surface area contributed by atoms with E-state index in [9.17, 15) is 19.7 Å². The Morgan fingerprint density at radius 1 is 1.18 bits per heavy atom. The Morgan fingerprint density at radius 3 is 2.44 bits per heavy atom. The second-order valence-electron chi connectivity index (χ2n) is 10.1. The lowest BCUT2D eigenvalue weighted by Gasteiger charge is -2.37. The number of nitrogens with zero attached hydrogens (tertiary/aromatic N) is 2. The Labute approximate surface area is 200 Å². The topological polar surface area (TPSA) is 102 Å². The zero-order chi connectivity index (χ0) is 25.4. The van der Waals surface area contributed by atoms with Gasteiger partial charge in [0.2, 0.25) is 5.91 Å². The number of carbonyl (C=O) groups excluding carboxylic acids is 2. The van der Waals surface area contributed by atoms with Gasteiger partial charge in [0.25, 0.3) is 11.6 Å². The maximum absolute atomic E-state index is 13.7. The molecule has 8 nitrogen and oxygen atoms in total. The first-order chi connectivity index (χ1) is 15.8. The molecule has 1 aliphatic heterocycles. The van der Waals surface area contributed by atoms with Gasteiger partial charge in [-0.2, -0.15) is 0 Å². The van der Waals surface area contributed by atoms with Crippen molar-refractivity contribution in [3.63, 3.8) is 0 Å². The van der Waals surface area contributed by atoms with E-state index in [0.29, 0.717) is 24.2 Å². The Balaban J connectivity index is 2.07. The first-order valence-corrected chi connectivity index (χ1v) is 11.4. The summed E-state index contributed by atoms with van der Waals surface area (Å²) < 4.78 is 5.48. The Bertz CT molecular complexity index is 1150. The van der Waals surface area contributed by atoms with Gasteiger partial charge in [-0.05, 0) is 66.5 Å². The average Bonchev–Trinajstić information content (AvgIpc) is 2.75. The van der Waals surface area contributed by atoms with Gasteiger partial charge in [0.05, 0.1) is 12.0 Å². The lowest BCUT2D eigenvalue weighted by molar-refractivity contribution is -0.385. The van der Waals surface area contributed by atoms with Crippen LogP contribution in [0.15, 0.2) is 24.3 Å². The Kier molecular flexibility index (Phi) is 7.00. The van der Waals surface area contributed by atoms with E-state index in [1.54, 1.807) is 18.1 Å². The van der Waals surface area contributed by atoms with Gasteiger partial charge >= 0.3 is 0 Å². The molecule has 34 heavy (non-hydrogen) atoms. The number of nitrogens with one attached hydrogen (secondary N) is 1. The fraction of sp³-hybridized carbons (Fsp3) is 0.462. The summed E-state index contributed by atoms with van der Waals surface area (Å²) in [6.45, 7) is 12.0. The number of ether oxygens (including phenoxy) is 1. The number of aryl methyl sites for hydroxylation is 1. The Hall–Kier alpha value is -3.42. The lowest BCUT2D eigenvalue weighted by Crippen LogP contribution is -2.46. The molecule has 1 heterocycles. The number of hydrogen-bond acceptors (Lipinski definition) is 5. The molecule has 2 aromatic rings. The normalized spacial score (nSPS) is 15.5. The monoisotopic (exact) mass is 467 g/mol. The van der Waals surface area contributed by atoms with Crippen LogP contribution in [0.2, 0.25) is 0 Å². The van der Waals surface area contributed by atoms with Crippen molar-refractivity contribution in [1.82, 2.24) is 4.90 Å². The highest BCUT2D eigenvalue weighted by Crippen LogP contribution is 2.37. The van der Waals surface area contributed by atoms with Crippen molar-refractivity contribution in [1.29, 1.82) is 0 Å². The van der Waals surface area contributed by atoms with Crippen LogP contribution in [0.3, 0.4) is 0 Å². The number of fused-ring (bicyclic) bond motifs is 1. The van der Waals surface area contributed by atoms with Crippen molar-refractivity contribution in [3.05, 3.63) is 62.2 Å². The molecular formula is C26H33N3O5. The van der Waals surface area contributed by atoms with Gasteiger partial charge in [0.1, 0.15) is 11.8 Å². The predicted molar refractivity (Wildman–Crippen MR) is 131 cm³/mol. The highest BCUT2D eigenvalue weighted by atomic mass is 16.6. The van der Waals surface area contributed by atoms with Crippen LogP contribution in [0.25, 0.3) is 0 Å². The minimum absolute atomic E-state index is 0.103. The zero-order valence-corrected chi connectivity index (χ0v) is 20.9. The zero-order valence-electron chi connectivity index (χ0n) is 20.9. The molecule has 0 aliphatic carbocycles. The first-order valence-electron chi connectivity index (χ1n) is 11.4. The van der Waals surface area contributed by atoms with E-state index in [2.05, 4.69) is 5.32 Å². The third kappa shape index (κ3) is 5.05. The summed E-state index contributed by atoms with van der Waals surface area (Å²) in [5, 5.41) is 14.4. The van der Waals surface area contributed by atoms with Crippen molar-refractivity contribution >= 4 is 23.2 Å². The summed E-state index contributed by atoms with van der Waals surface area (Å²) in [4.78, 5) is 39.5. The van der Waals surface area contributed by atoms with Gasteiger partial charge in [-0.25, -0.2) is 0 Å². The molecule has 1 unspecified atom stereocenters. The summed E-state index contributed by atoms with van der Waals surface area (Å²) in [6.07, 6.45) is 0.799. The first kappa shape index (κ1) is 25.2. The summed E-state index contributed by atoms with van der Waals surface area (Å²) in [5.41, 5.74) is 4.25. The molecule has 8 heteroatoms. The van der Waals surface area contributed by atoms with Crippen LogP contribution in [0.1, 0.15) is 61.1 Å². The molecule has 1 N–H and O–H groups in total. The second kappa shape index (κ2) is 9.44. The van der Waals surface area contributed by atoms with E-state index < -0.39 is 16.9 Å². The SMILES string of the molecule is COc1c(C)cc(NC(=O)C2c3cc([N+](=O)[O-])ccc3CCN2C(=O)CC(C)(C)C)c(C)c1C. The summed E-state index contributed by atoms with van der Waals surface area (Å²) in [7, 11) is 1.61. The molecule has 0 fully saturated rings. The molecule has 0 saturated heterocycles. The van der Waals surface area contributed by atoms with Gasteiger partial charge in [-0.15, -0.1) is 0 Å². The highest BCUT2D eigenvalue weighted by Gasteiger charge is 2.38. The minimum atomic E-state index is -0.958. The smallest absolute Gasteiger partial charge is 0.269 e. The van der Waals surface area contributed by atoms with Crippen LogP contribution in [0, 0.1) is 36.3 Å². The van der Waals surface area contributed by atoms with E-state index in [0.717, 1.165) is 28.0 Å². The van der Waals surface area contributed by atoms with Gasteiger partial charge in [-0.3, -0.25) is 19.7 Å². The summed E-state index contributed by atoms with van der Waals surface area (Å²) in [5.74, 6) is 0.218. The number of methoxy groups -OCH3 is 1. The molecule has 2 aromatic carbocycles. The van der Waals surface area contributed by atoms with Crippen LogP contribution in [-0.4, -0.2) is 35.3 Å². The number of nitro benzene ring substituents is 1. The minimum Gasteiger partial charge on any atom is -0.496 e. The van der Waals surface area contributed by atoms with Gasteiger partial charge in [-0.1, -0.05) is 26.8 Å². The number of anilines is 1. The summed E-state index contributed by atoms with van der Waals surface area (Å²) in [6, 6.07) is 5.44. The van der Waals surface area contributed by atoms with Crippen LogP contribution < -0.4 is 10.1 Å². The summed E-state index contributed by atoms with van der Waals surface area (Å²) >= 11 is 0. The number of hydrogen-bond donors (Lipinski definition) is 1. The molecule has 0 spiro atoms. The standard InChI is InChI=1S/C26H33N3O5/c1-15-12-21(16(2)17(3)24(15)34-7)27-25(31)23-20-13-19(29(32)33)9-8-18(20)10-11-28(23)22(30)14-26(4,5)6/h8-9,12-13,23H,10-11,14H2,1-7H3,(H,27,31). The molecule has 0 aromatic heterocycles. The van der Waals surface area contributed by atoms with Crippen molar-refractivity contribution in [2.75, 3.05) is 19.0 Å². The molecule has 3 rings (SSSR count). The number of amides is 2. The van der Waals surface area contributed by atoms with Crippen molar-refractivity contribution in [2.24, 2.45) is 5.41 Å². The van der Waals surface area contributed by atoms with Crippen LogP contribution in [0.5, 0.6) is 5.75 Å². The van der Waals surface area contributed by atoms with Crippen LogP contribution in [0.4, 0.5) is 11.4 Å². The molecule has 182 valence electrons. The molecular weight excluding hydrogens is 434 g/mol. The van der Waals surface area contributed by atoms with E-state index in [-0.39, 0.29) is 23.4 Å². The third-order valence-electron chi connectivity index (χ3n) is 6.31. The largest absolute Gasteiger partial charge is 0.496 e. The van der Waals surface area contributed by atoms with E-state index in [4.69, 9.17) is 4.74 Å². The number of rotatable bonds is 5. The van der Waals surface area contributed by atoms with Crippen molar-refractivity contribution in [3.8, 4) is 5.75 Å². The number of nitro groups is 1. The fourth-order valence-electron chi connectivity index (χ4n) is 4.53. The fourth-order valence-corrected chi connectivity index (χ4v) is 4.53. The average molecular weight is 468 g/mol. The van der Waals surface area contributed by atoms with E-state index >= 15 is 0 Å². The third-order valence-corrected chi connectivity index (χ3v) is 6.31. The number of benzene rings is 2. The van der Waals surface area contributed by atoms with E-state index in [1.165, 1.54) is 12.1 Å². The molecule has 0 saturated carbocycles. The van der Waals surface area contributed by atoms with E-state index in [1.807, 2.05) is 47.6 Å². The molecule has 0 bridgehead atoms. The van der Waals surface area contributed by atoms with Crippen molar-refractivity contribution in [2.45, 2.75) is 60.4 Å². The van der Waals surface area contributed by atoms with Crippen LogP contribution >= 0.6 is 0 Å². The molecule has 1 atom stereocenters. The number of carbonyl (C=O) groups is 2. The number of non-ortho nitro benzene ring substituents is 1. The van der Waals surface area contributed by atoms with Gasteiger partial charge < -0.3 is 15.0 Å². The molecule has 1 aliphatic rings. The second-order valence-corrected chi connectivity index (χ2v) is 10.1.